The van der Waals surface area contributed by atoms with Crippen molar-refractivity contribution in [3.63, 3.8) is 0 Å². The molecule has 1 saturated carbocycles. The molecule has 25 heavy (non-hydrogen) atoms. The molecular weight excluding hydrogens is 318 g/mol. The van der Waals surface area contributed by atoms with E-state index in [-0.39, 0.29) is 17.7 Å². The van der Waals surface area contributed by atoms with Gasteiger partial charge in [0.25, 0.3) is 0 Å². The van der Waals surface area contributed by atoms with Gasteiger partial charge in [-0.3, -0.25) is 9.59 Å². The molecule has 4 rings (SSSR count). The highest BCUT2D eigenvalue weighted by atomic mass is 16.2. The normalized spacial score (nSPS) is 20.2. The van der Waals surface area contributed by atoms with E-state index in [2.05, 4.69) is 10.3 Å². The van der Waals surface area contributed by atoms with E-state index in [1.54, 1.807) is 6.20 Å². The van der Waals surface area contributed by atoms with Gasteiger partial charge in [-0.15, -0.1) is 0 Å². The number of likely N-dealkylation sites (tertiary alicyclic amines) is 1. The van der Waals surface area contributed by atoms with Crippen molar-refractivity contribution < 1.29 is 9.59 Å². The lowest BCUT2D eigenvalue weighted by Crippen LogP contribution is -2.29. The van der Waals surface area contributed by atoms with Crippen LogP contribution in [0.1, 0.15) is 37.8 Å². The summed E-state index contributed by atoms with van der Waals surface area (Å²) in [7, 11) is 0. The van der Waals surface area contributed by atoms with Crippen molar-refractivity contribution >= 4 is 22.8 Å². The van der Waals surface area contributed by atoms with Crippen LogP contribution in [0.4, 0.5) is 0 Å². The van der Waals surface area contributed by atoms with Crippen LogP contribution in [0.25, 0.3) is 11.0 Å². The predicted molar refractivity (Wildman–Crippen MR) is 92.9 cm³/mol. The first-order valence-electron chi connectivity index (χ1n) is 8.98. The monoisotopic (exact) mass is 341 g/mol. The number of rotatable bonds is 5. The van der Waals surface area contributed by atoms with Gasteiger partial charge < -0.3 is 10.2 Å². The topological polar surface area (TPSA) is 80.1 Å². The van der Waals surface area contributed by atoms with Crippen molar-refractivity contribution in [3.05, 3.63) is 24.0 Å². The van der Waals surface area contributed by atoms with E-state index in [4.69, 9.17) is 5.10 Å². The number of hydrogen-bond donors (Lipinski definition) is 1. The van der Waals surface area contributed by atoms with Crippen LogP contribution in [0.3, 0.4) is 0 Å². The van der Waals surface area contributed by atoms with E-state index >= 15 is 0 Å². The molecule has 0 aromatic carbocycles. The third-order valence-electron chi connectivity index (χ3n) is 5.05. The fraction of sp³-hybridized carbons (Fsp3) is 0.556. The predicted octanol–water partition coefficient (Wildman–Crippen LogP) is 1.29. The summed E-state index contributed by atoms with van der Waals surface area (Å²) >= 11 is 0. The fourth-order valence-corrected chi connectivity index (χ4v) is 3.60. The summed E-state index contributed by atoms with van der Waals surface area (Å²) in [6.07, 6.45) is 4.81. The Labute approximate surface area is 146 Å². The van der Waals surface area contributed by atoms with E-state index < -0.39 is 0 Å². The highest BCUT2D eigenvalue weighted by Gasteiger charge is 2.37. The number of carbonyl (C=O) groups is 2. The second kappa shape index (κ2) is 6.46. The lowest BCUT2D eigenvalue weighted by atomic mass is 10.0. The van der Waals surface area contributed by atoms with Gasteiger partial charge in [0, 0.05) is 50.0 Å². The van der Waals surface area contributed by atoms with E-state index in [1.807, 2.05) is 21.7 Å². The van der Waals surface area contributed by atoms with Crippen molar-refractivity contribution in [2.75, 3.05) is 19.6 Å². The zero-order valence-corrected chi connectivity index (χ0v) is 14.4. The number of aromatic nitrogens is 3. The minimum Gasteiger partial charge on any atom is -0.354 e. The van der Waals surface area contributed by atoms with Crippen LogP contribution in [-0.2, 0) is 16.1 Å². The molecule has 2 fully saturated rings. The number of amides is 2. The summed E-state index contributed by atoms with van der Waals surface area (Å²) in [6.45, 7) is 4.20. The average molecular weight is 341 g/mol. The zero-order chi connectivity index (χ0) is 17.4. The molecule has 2 aromatic heterocycles. The van der Waals surface area contributed by atoms with Crippen molar-refractivity contribution in [3.8, 4) is 0 Å². The highest BCUT2D eigenvalue weighted by Crippen LogP contribution is 2.36. The molecule has 3 heterocycles. The van der Waals surface area contributed by atoms with E-state index in [9.17, 15) is 9.59 Å². The van der Waals surface area contributed by atoms with Crippen molar-refractivity contribution in [1.82, 2.24) is 25.0 Å². The van der Waals surface area contributed by atoms with Gasteiger partial charge in [-0.2, -0.15) is 5.10 Å². The molecule has 7 heteroatoms. The first-order valence-corrected chi connectivity index (χ1v) is 8.98. The largest absolute Gasteiger partial charge is 0.354 e. The number of nitrogens with one attached hydrogen (secondary N) is 1. The summed E-state index contributed by atoms with van der Waals surface area (Å²) in [5, 5.41) is 8.64. The quantitative estimate of drug-likeness (QED) is 0.889. The summed E-state index contributed by atoms with van der Waals surface area (Å²) in [5.74, 6) is 0.800. The third kappa shape index (κ3) is 3.23. The van der Waals surface area contributed by atoms with Gasteiger partial charge in [0.15, 0.2) is 5.65 Å². The van der Waals surface area contributed by atoms with E-state index in [1.165, 1.54) is 6.92 Å². The van der Waals surface area contributed by atoms with Gasteiger partial charge in [-0.05, 0) is 31.4 Å². The van der Waals surface area contributed by atoms with Gasteiger partial charge in [-0.25, -0.2) is 9.67 Å². The molecule has 2 aromatic rings. The Kier molecular flexibility index (Phi) is 4.15. The molecular formula is C18H23N5O2. The number of pyridine rings is 1. The maximum atomic E-state index is 12.3. The summed E-state index contributed by atoms with van der Waals surface area (Å²) < 4.78 is 1.87. The Hall–Kier alpha value is -2.44. The molecule has 2 aliphatic rings. The molecule has 2 amide bonds. The minimum absolute atomic E-state index is 0.0466. The van der Waals surface area contributed by atoms with E-state index in [0.717, 1.165) is 49.1 Å². The lowest BCUT2D eigenvalue weighted by Gasteiger charge is -2.15. The Morgan fingerprint density at radius 2 is 2.16 bits per heavy atom. The second-order valence-electron chi connectivity index (χ2n) is 7.01. The molecule has 132 valence electrons. The lowest BCUT2D eigenvalue weighted by molar-refractivity contribution is -0.131. The highest BCUT2D eigenvalue weighted by molar-refractivity contribution is 5.82. The number of fused-ring (bicyclic) bond motifs is 1. The van der Waals surface area contributed by atoms with Gasteiger partial charge >= 0.3 is 0 Å². The van der Waals surface area contributed by atoms with Gasteiger partial charge in [-0.1, -0.05) is 0 Å². The Balaban J connectivity index is 1.55. The maximum Gasteiger partial charge on any atom is 0.225 e. The molecule has 1 atom stereocenters. The number of hydrogen-bond acceptors (Lipinski definition) is 4. The number of carbonyl (C=O) groups excluding carboxylic acids is 2. The molecule has 1 aliphatic carbocycles. The van der Waals surface area contributed by atoms with Gasteiger partial charge in [0.1, 0.15) is 0 Å². The van der Waals surface area contributed by atoms with Crippen LogP contribution < -0.4 is 5.32 Å². The van der Waals surface area contributed by atoms with Crippen LogP contribution in [0.2, 0.25) is 0 Å². The molecule has 0 bridgehead atoms. The molecule has 1 aliphatic heterocycles. The molecule has 1 N–H and O–H groups in total. The maximum absolute atomic E-state index is 12.3. The Morgan fingerprint density at radius 3 is 2.92 bits per heavy atom. The fourth-order valence-electron chi connectivity index (χ4n) is 3.60. The zero-order valence-electron chi connectivity index (χ0n) is 14.4. The van der Waals surface area contributed by atoms with Crippen molar-refractivity contribution in [2.24, 2.45) is 5.92 Å². The van der Waals surface area contributed by atoms with Crippen molar-refractivity contribution in [2.45, 2.75) is 38.6 Å². The summed E-state index contributed by atoms with van der Waals surface area (Å²) in [6, 6.07) is 3.97. The average Bonchev–Trinajstić information content (AvgIpc) is 3.23. The van der Waals surface area contributed by atoms with Crippen LogP contribution in [-0.4, -0.2) is 51.1 Å². The van der Waals surface area contributed by atoms with Crippen LogP contribution in [0.5, 0.6) is 0 Å². The van der Waals surface area contributed by atoms with Gasteiger partial charge in [0.05, 0.1) is 12.2 Å². The standard InChI is InChI=1S/C18H23N5O2/c1-12(24)19-8-10-23-17-15(3-2-7-20-17)16(21-23)14-6-9-22(11-14)18(25)13-4-5-13/h2-3,7,13-14H,4-6,8-11H2,1H3,(H,19,24)/t14-/m0/s1. The van der Waals surface area contributed by atoms with Crippen LogP contribution in [0, 0.1) is 5.92 Å². The summed E-state index contributed by atoms with van der Waals surface area (Å²) in [5.41, 5.74) is 1.87. The smallest absolute Gasteiger partial charge is 0.225 e. The first kappa shape index (κ1) is 16.1. The summed E-state index contributed by atoms with van der Waals surface area (Å²) in [4.78, 5) is 29.9. The Morgan fingerprint density at radius 1 is 1.32 bits per heavy atom. The number of nitrogens with zero attached hydrogens (tertiary/aromatic N) is 4. The Bertz CT molecular complexity index is 811. The minimum atomic E-state index is -0.0466. The van der Waals surface area contributed by atoms with Crippen LogP contribution in [0.15, 0.2) is 18.3 Å². The molecule has 1 saturated heterocycles. The van der Waals surface area contributed by atoms with Crippen LogP contribution >= 0.6 is 0 Å². The first-order chi connectivity index (χ1) is 12.1. The molecule has 0 unspecified atom stereocenters. The second-order valence-corrected chi connectivity index (χ2v) is 7.01. The molecule has 0 spiro atoms. The molecule has 7 nitrogen and oxygen atoms in total. The van der Waals surface area contributed by atoms with Crippen molar-refractivity contribution in [1.29, 1.82) is 0 Å². The van der Waals surface area contributed by atoms with Gasteiger partial charge in [0.2, 0.25) is 11.8 Å². The molecule has 0 radical (unpaired) electrons. The SMILES string of the molecule is CC(=O)NCCn1nc([C@H]2CCN(C(=O)C3CC3)C2)c2cccnc21. The van der Waals surface area contributed by atoms with E-state index in [0.29, 0.717) is 19.0 Å². The third-order valence-corrected chi connectivity index (χ3v) is 5.05.